The summed E-state index contributed by atoms with van der Waals surface area (Å²) in [6.07, 6.45) is 1.90. The van der Waals surface area contributed by atoms with Gasteiger partial charge in [0.2, 0.25) is 0 Å². The highest BCUT2D eigenvalue weighted by atomic mass is 32.2. The van der Waals surface area contributed by atoms with Crippen molar-refractivity contribution in [3.8, 4) is 11.5 Å². The molecule has 0 radical (unpaired) electrons. The van der Waals surface area contributed by atoms with E-state index >= 15 is 0 Å². The van der Waals surface area contributed by atoms with Crippen LogP contribution in [-0.4, -0.2) is 41.4 Å². The van der Waals surface area contributed by atoms with Crippen molar-refractivity contribution in [1.29, 1.82) is 0 Å². The van der Waals surface area contributed by atoms with Crippen molar-refractivity contribution in [2.45, 2.75) is 45.8 Å². The Balaban J connectivity index is 2.38. The Labute approximate surface area is 153 Å². The largest absolute Gasteiger partial charge is 0.508 e. The molecule has 0 aromatic heterocycles. The van der Waals surface area contributed by atoms with Crippen LogP contribution in [0.4, 0.5) is 0 Å². The average Bonchev–Trinajstić information content (AvgIpc) is 2.72. The lowest BCUT2D eigenvalue weighted by Gasteiger charge is -2.32. The van der Waals surface area contributed by atoms with E-state index in [0.717, 1.165) is 11.0 Å². The van der Waals surface area contributed by atoms with Crippen LogP contribution in [-0.2, 0) is 14.1 Å². The van der Waals surface area contributed by atoms with Crippen molar-refractivity contribution in [1.82, 2.24) is 0 Å². The fraction of sp³-hybridized carbons (Fsp3) is 0.500. The Kier molecular flexibility index (Phi) is 5.91. The van der Waals surface area contributed by atoms with Crippen LogP contribution in [0.25, 0.3) is 6.08 Å². The summed E-state index contributed by atoms with van der Waals surface area (Å²) >= 11 is 1.20. The topological polar surface area (TPSA) is 65.0 Å². The molecule has 1 aromatic carbocycles. The number of methoxy groups -OCH3 is 1. The first kappa shape index (κ1) is 19.9. The average molecular weight is 364 g/mol. The normalized spacial score (nSPS) is 19.1. The van der Waals surface area contributed by atoms with E-state index in [-0.39, 0.29) is 10.9 Å². The van der Waals surface area contributed by atoms with E-state index in [9.17, 15) is 9.90 Å². The Morgan fingerprint density at radius 1 is 1.28 bits per heavy atom. The third-order valence-electron chi connectivity index (χ3n) is 4.56. The first-order valence-electron chi connectivity index (χ1n) is 8.12. The lowest BCUT2D eigenvalue weighted by Crippen LogP contribution is -2.41. The number of carbonyl (C=O) groups excluding carboxylic acids is 1. The van der Waals surface area contributed by atoms with Crippen LogP contribution in [0.15, 0.2) is 23.7 Å². The van der Waals surface area contributed by atoms with Crippen molar-refractivity contribution in [3.63, 3.8) is 0 Å². The van der Waals surface area contributed by atoms with E-state index in [1.54, 1.807) is 25.3 Å². The second-order valence-electron chi connectivity index (χ2n) is 7.01. The summed E-state index contributed by atoms with van der Waals surface area (Å²) in [5, 5.41) is 9.66. The van der Waals surface area contributed by atoms with Crippen LogP contribution >= 0.6 is 11.8 Å². The predicted octanol–water partition coefficient (Wildman–Crippen LogP) is 3.70. The highest BCUT2D eigenvalue weighted by Crippen LogP contribution is 2.40. The molecule has 0 saturated carbocycles. The number of phenols is 1. The van der Waals surface area contributed by atoms with Gasteiger partial charge in [-0.05, 0) is 45.3 Å². The predicted molar refractivity (Wildman–Crippen MR) is 102 cm³/mol. The Bertz CT molecular complexity index is 668. The number of carbonyl (C=O) groups is 1. The summed E-state index contributed by atoms with van der Waals surface area (Å²) in [6.45, 7) is 9.50. The van der Waals surface area contributed by atoms with E-state index in [0.29, 0.717) is 11.5 Å². The minimum Gasteiger partial charge on any atom is -0.508 e. The van der Waals surface area contributed by atoms with E-state index in [2.05, 4.69) is 0 Å². The van der Waals surface area contributed by atoms with Crippen LogP contribution in [0.1, 0.15) is 40.2 Å². The van der Waals surface area contributed by atoms with Crippen molar-refractivity contribution in [2.75, 3.05) is 12.9 Å². The van der Waals surface area contributed by atoms with Gasteiger partial charge < -0.3 is 19.2 Å². The monoisotopic (exact) mass is 364 g/mol. The van der Waals surface area contributed by atoms with E-state index in [1.165, 1.54) is 18.7 Å². The van der Waals surface area contributed by atoms with Crippen LogP contribution in [0.5, 0.6) is 11.5 Å². The molecule has 0 aliphatic carbocycles. The summed E-state index contributed by atoms with van der Waals surface area (Å²) in [4.78, 5) is 11.4. The Morgan fingerprint density at radius 2 is 1.88 bits per heavy atom. The fourth-order valence-corrected chi connectivity index (χ4v) is 2.97. The molecular formula is C18H25BO5S. The van der Waals surface area contributed by atoms with Gasteiger partial charge in [-0.25, -0.2) is 0 Å². The molecule has 0 amide bonds. The molecule has 5 nitrogen and oxygen atoms in total. The molecule has 136 valence electrons. The highest BCUT2D eigenvalue weighted by molar-refractivity contribution is 8.13. The maximum Gasteiger partial charge on any atom is 0.491 e. The molecule has 1 aliphatic rings. The van der Waals surface area contributed by atoms with Crippen LogP contribution in [0.2, 0.25) is 0 Å². The quantitative estimate of drug-likeness (QED) is 0.804. The van der Waals surface area contributed by atoms with Gasteiger partial charge in [-0.15, -0.1) is 0 Å². The number of hydrogen-bond acceptors (Lipinski definition) is 6. The summed E-state index contributed by atoms with van der Waals surface area (Å²) in [5.74, 6) is 1.13. The number of rotatable bonds is 5. The molecule has 7 heteroatoms. The zero-order chi connectivity index (χ0) is 18.8. The molecular weight excluding hydrogens is 339 g/mol. The molecule has 0 spiro atoms. The van der Waals surface area contributed by atoms with Crippen LogP contribution < -0.4 is 4.74 Å². The highest BCUT2D eigenvalue weighted by Gasteiger charge is 2.52. The van der Waals surface area contributed by atoms with Crippen molar-refractivity contribution >= 4 is 30.1 Å². The van der Waals surface area contributed by atoms with Gasteiger partial charge in [-0.1, -0.05) is 17.8 Å². The van der Waals surface area contributed by atoms with E-state index in [4.69, 9.17) is 14.0 Å². The van der Waals surface area contributed by atoms with Gasteiger partial charge in [-0.3, -0.25) is 4.79 Å². The van der Waals surface area contributed by atoms with Crippen molar-refractivity contribution in [3.05, 3.63) is 29.2 Å². The van der Waals surface area contributed by atoms with Crippen molar-refractivity contribution in [2.24, 2.45) is 0 Å². The summed E-state index contributed by atoms with van der Waals surface area (Å²) < 4.78 is 17.6. The molecule has 0 atom stereocenters. The SMILES string of the molecule is COc1cc(O)ccc1C=C(CSC(C)=O)B1OC(C)(C)C(C)(C)O1. The molecule has 1 aromatic rings. The maximum absolute atomic E-state index is 11.4. The molecule has 1 fully saturated rings. The van der Waals surface area contributed by atoms with Crippen LogP contribution in [0.3, 0.4) is 0 Å². The summed E-state index contributed by atoms with van der Waals surface area (Å²) in [6, 6.07) is 4.90. The smallest absolute Gasteiger partial charge is 0.491 e. The minimum absolute atomic E-state index is 0.0279. The third-order valence-corrected chi connectivity index (χ3v) is 5.44. The van der Waals surface area contributed by atoms with Gasteiger partial charge in [0.1, 0.15) is 11.5 Å². The molecule has 1 N–H and O–H groups in total. The van der Waals surface area contributed by atoms with Crippen molar-refractivity contribution < 1.29 is 23.9 Å². The zero-order valence-corrected chi connectivity index (χ0v) is 16.4. The number of aromatic hydroxyl groups is 1. The Hall–Kier alpha value is -1.44. The number of thioether (sulfide) groups is 1. The summed E-state index contributed by atoms with van der Waals surface area (Å²) in [7, 11) is 1.00. The fourth-order valence-electron chi connectivity index (χ4n) is 2.38. The van der Waals surface area contributed by atoms with Gasteiger partial charge in [0.25, 0.3) is 0 Å². The van der Waals surface area contributed by atoms with Gasteiger partial charge in [0, 0.05) is 24.3 Å². The Morgan fingerprint density at radius 3 is 2.40 bits per heavy atom. The number of hydrogen-bond donors (Lipinski definition) is 1. The first-order chi connectivity index (χ1) is 11.6. The second kappa shape index (κ2) is 7.44. The van der Waals surface area contributed by atoms with Gasteiger partial charge in [0.15, 0.2) is 5.12 Å². The van der Waals surface area contributed by atoms with Gasteiger partial charge in [-0.2, -0.15) is 0 Å². The number of benzene rings is 1. The standard InChI is InChI=1S/C18H25BO5S/c1-12(20)25-11-14(19-23-17(2,3)18(4,5)24-19)9-13-7-8-15(21)10-16(13)22-6/h7-10,21H,11H2,1-6H3. The molecule has 1 heterocycles. The lowest BCUT2D eigenvalue weighted by molar-refractivity contribution is -0.109. The van der Waals surface area contributed by atoms with Gasteiger partial charge in [0.05, 0.1) is 18.3 Å². The molecule has 0 bridgehead atoms. The van der Waals surface area contributed by atoms with Crippen LogP contribution in [0, 0.1) is 0 Å². The lowest BCUT2D eigenvalue weighted by atomic mass is 9.78. The number of ether oxygens (including phenoxy) is 1. The molecule has 2 rings (SSSR count). The zero-order valence-electron chi connectivity index (χ0n) is 15.6. The number of phenolic OH excluding ortho intramolecular Hbond substituents is 1. The van der Waals surface area contributed by atoms with Gasteiger partial charge >= 0.3 is 7.12 Å². The molecule has 0 unspecified atom stereocenters. The first-order valence-corrected chi connectivity index (χ1v) is 9.11. The summed E-state index contributed by atoms with van der Waals surface area (Å²) in [5.41, 5.74) is 0.699. The molecule has 1 aliphatic heterocycles. The molecule has 25 heavy (non-hydrogen) atoms. The minimum atomic E-state index is -0.546. The van der Waals surface area contributed by atoms with E-state index in [1.807, 2.05) is 33.8 Å². The maximum atomic E-state index is 11.4. The van der Waals surface area contributed by atoms with E-state index < -0.39 is 18.3 Å². The third kappa shape index (κ3) is 4.60. The second-order valence-corrected chi connectivity index (χ2v) is 8.17. The molecule has 1 saturated heterocycles.